The second-order valence-electron chi connectivity index (χ2n) is 4.51. The highest BCUT2D eigenvalue weighted by Gasteiger charge is 2.31. The highest BCUT2D eigenvalue weighted by Crippen LogP contribution is 2.28. The Labute approximate surface area is 85.3 Å². The first-order valence-electron chi connectivity index (χ1n) is 5.20. The van der Waals surface area contributed by atoms with Crippen molar-refractivity contribution in [1.82, 2.24) is 5.32 Å². The van der Waals surface area contributed by atoms with E-state index in [1.165, 1.54) is 0 Å². The molecule has 14 heavy (non-hydrogen) atoms. The van der Waals surface area contributed by atoms with E-state index >= 15 is 0 Å². The first-order chi connectivity index (χ1) is 6.57. The van der Waals surface area contributed by atoms with Crippen molar-refractivity contribution in [2.45, 2.75) is 44.4 Å². The maximum Gasteiger partial charge on any atom is 0.0707 e. The fourth-order valence-electron chi connectivity index (χ4n) is 1.71. The maximum atomic E-state index is 8.84. The lowest BCUT2D eigenvalue weighted by Crippen LogP contribution is -2.40. The molecule has 4 nitrogen and oxygen atoms in total. The van der Waals surface area contributed by atoms with Crippen molar-refractivity contribution in [2.24, 2.45) is 0 Å². The summed E-state index contributed by atoms with van der Waals surface area (Å²) in [6, 6.07) is -0.220. The van der Waals surface area contributed by atoms with Crippen molar-refractivity contribution < 1.29 is 14.9 Å². The molecule has 84 valence electrons. The molecule has 1 saturated heterocycles. The van der Waals surface area contributed by atoms with Gasteiger partial charge in [-0.25, -0.2) is 0 Å². The van der Waals surface area contributed by atoms with Crippen LogP contribution in [0.1, 0.15) is 26.7 Å². The van der Waals surface area contributed by atoms with Crippen LogP contribution in [0.25, 0.3) is 0 Å². The molecule has 0 spiro atoms. The molecule has 0 radical (unpaired) electrons. The number of hydrogen-bond acceptors (Lipinski definition) is 4. The molecule has 0 aliphatic carbocycles. The van der Waals surface area contributed by atoms with Crippen LogP contribution < -0.4 is 5.32 Å². The van der Waals surface area contributed by atoms with Crippen molar-refractivity contribution >= 4 is 0 Å². The van der Waals surface area contributed by atoms with Crippen molar-refractivity contribution in [3.8, 4) is 0 Å². The molecule has 0 saturated carbocycles. The van der Waals surface area contributed by atoms with Gasteiger partial charge in [-0.2, -0.15) is 0 Å². The van der Waals surface area contributed by atoms with E-state index in [2.05, 4.69) is 19.2 Å². The zero-order valence-electron chi connectivity index (χ0n) is 8.99. The molecule has 1 fully saturated rings. The predicted octanol–water partition coefficient (Wildman–Crippen LogP) is -0.113. The summed E-state index contributed by atoms with van der Waals surface area (Å²) < 4.78 is 5.76. The van der Waals surface area contributed by atoms with Crippen molar-refractivity contribution in [3.63, 3.8) is 0 Å². The lowest BCUT2D eigenvalue weighted by molar-refractivity contribution is -0.0165. The van der Waals surface area contributed by atoms with E-state index in [0.717, 1.165) is 12.8 Å². The second-order valence-corrected chi connectivity index (χ2v) is 4.51. The Morgan fingerprint density at radius 1 is 1.43 bits per heavy atom. The van der Waals surface area contributed by atoms with E-state index < -0.39 is 0 Å². The Bertz CT molecular complexity index is 169. The molecule has 0 bridgehead atoms. The van der Waals surface area contributed by atoms with E-state index in [1.807, 2.05) is 0 Å². The number of hydrogen-bond donors (Lipinski definition) is 3. The van der Waals surface area contributed by atoms with E-state index in [9.17, 15) is 0 Å². The first-order valence-corrected chi connectivity index (χ1v) is 5.20. The van der Waals surface area contributed by atoms with Gasteiger partial charge in [0.2, 0.25) is 0 Å². The van der Waals surface area contributed by atoms with Crippen molar-refractivity contribution in [2.75, 3.05) is 19.8 Å². The average molecular weight is 203 g/mol. The molecular weight excluding hydrogens is 182 g/mol. The summed E-state index contributed by atoms with van der Waals surface area (Å²) >= 11 is 0. The lowest BCUT2D eigenvalue weighted by Gasteiger charge is -2.21. The molecule has 1 rings (SSSR count). The lowest BCUT2D eigenvalue weighted by atomic mass is 10.1. The molecule has 1 heterocycles. The highest BCUT2D eigenvalue weighted by molar-refractivity contribution is 4.82. The van der Waals surface area contributed by atoms with Gasteiger partial charge in [-0.1, -0.05) is 0 Å². The van der Waals surface area contributed by atoms with Crippen LogP contribution in [0.5, 0.6) is 0 Å². The number of nitrogens with one attached hydrogen (secondary N) is 1. The summed E-state index contributed by atoms with van der Waals surface area (Å²) in [6.45, 7) is 4.81. The fraction of sp³-hybridized carbons (Fsp3) is 1.00. The average Bonchev–Trinajstić information content (AvgIpc) is 2.47. The Kier molecular flexibility index (Phi) is 4.31. The Balaban J connectivity index is 2.20. The zero-order chi connectivity index (χ0) is 10.6. The van der Waals surface area contributed by atoms with Crippen LogP contribution in [-0.4, -0.2) is 47.7 Å². The van der Waals surface area contributed by atoms with Gasteiger partial charge in [0.05, 0.1) is 31.0 Å². The molecule has 0 aromatic carbocycles. The van der Waals surface area contributed by atoms with Crippen LogP contribution in [-0.2, 0) is 4.74 Å². The maximum absolute atomic E-state index is 8.84. The summed E-state index contributed by atoms with van der Waals surface area (Å²) in [7, 11) is 0. The zero-order valence-corrected chi connectivity index (χ0v) is 8.99. The van der Waals surface area contributed by atoms with Crippen LogP contribution in [0, 0.1) is 0 Å². The SMILES string of the molecule is CC1(C)CCC(CNC(CO)CO)O1. The van der Waals surface area contributed by atoms with Crippen LogP contribution in [0.3, 0.4) is 0 Å². The third kappa shape index (κ3) is 3.53. The molecule has 1 atom stereocenters. The predicted molar refractivity (Wildman–Crippen MR) is 54.1 cm³/mol. The summed E-state index contributed by atoms with van der Waals surface area (Å²) in [6.07, 6.45) is 2.33. The van der Waals surface area contributed by atoms with Gasteiger partial charge < -0.3 is 20.3 Å². The van der Waals surface area contributed by atoms with Gasteiger partial charge in [-0.05, 0) is 26.7 Å². The monoisotopic (exact) mass is 203 g/mol. The van der Waals surface area contributed by atoms with Crippen LogP contribution in [0.2, 0.25) is 0 Å². The highest BCUT2D eigenvalue weighted by atomic mass is 16.5. The van der Waals surface area contributed by atoms with Crippen LogP contribution >= 0.6 is 0 Å². The summed E-state index contributed by atoms with van der Waals surface area (Å²) in [4.78, 5) is 0. The molecule has 0 aromatic heterocycles. The number of rotatable bonds is 5. The number of aliphatic hydroxyl groups excluding tert-OH is 2. The van der Waals surface area contributed by atoms with Gasteiger partial charge in [-0.15, -0.1) is 0 Å². The van der Waals surface area contributed by atoms with Crippen molar-refractivity contribution in [1.29, 1.82) is 0 Å². The molecule has 1 aliphatic rings. The third-order valence-electron chi connectivity index (χ3n) is 2.63. The summed E-state index contributed by atoms with van der Waals surface area (Å²) in [5.41, 5.74) is -0.0136. The van der Waals surface area contributed by atoms with Gasteiger partial charge in [0, 0.05) is 6.54 Å². The largest absolute Gasteiger partial charge is 0.395 e. The van der Waals surface area contributed by atoms with Gasteiger partial charge >= 0.3 is 0 Å². The topological polar surface area (TPSA) is 61.7 Å². The smallest absolute Gasteiger partial charge is 0.0707 e. The van der Waals surface area contributed by atoms with Crippen LogP contribution in [0.4, 0.5) is 0 Å². The standard InChI is InChI=1S/C10H21NO3/c1-10(2)4-3-9(14-10)5-11-8(6-12)7-13/h8-9,11-13H,3-7H2,1-2H3. The minimum absolute atomic E-state index is 0.0136. The summed E-state index contributed by atoms with van der Waals surface area (Å²) in [5, 5.41) is 20.8. The van der Waals surface area contributed by atoms with Crippen LogP contribution in [0.15, 0.2) is 0 Å². The molecule has 4 heteroatoms. The molecule has 0 amide bonds. The fourth-order valence-corrected chi connectivity index (χ4v) is 1.71. The van der Waals surface area contributed by atoms with Crippen molar-refractivity contribution in [3.05, 3.63) is 0 Å². The van der Waals surface area contributed by atoms with Gasteiger partial charge in [0.25, 0.3) is 0 Å². The molecule has 1 aliphatic heterocycles. The van der Waals surface area contributed by atoms with E-state index in [-0.39, 0.29) is 31.0 Å². The summed E-state index contributed by atoms with van der Waals surface area (Å²) in [5.74, 6) is 0. The van der Waals surface area contributed by atoms with Gasteiger partial charge in [0.15, 0.2) is 0 Å². The Hall–Kier alpha value is -0.160. The van der Waals surface area contributed by atoms with E-state index in [4.69, 9.17) is 14.9 Å². The quantitative estimate of drug-likeness (QED) is 0.583. The Morgan fingerprint density at radius 3 is 2.50 bits per heavy atom. The third-order valence-corrected chi connectivity index (χ3v) is 2.63. The van der Waals surface area contributed by atoms with Gasteiger partial charge in [-0.3, -0.25) is 0 Å². The minimum Gasteiger partial charge on any atom is -0.395 e. The number of aliphatic hydroxyl groups is 2. The molecule has 3 N–H and O–H groups in total. The van der Waals surface area contributed by atoms with E-state index in [0.29, 0.717) is 6.54 Å². The molecular formula is C10H21NO3. The van der Waals surface area contributed by atoms with Gasteiger partial charge in [0.1, 0.15) is 0 Å². The van der Waals surface area contributed by atoms with E-state index in [1.54, 1.807) is 0 Å². The normalized spacial score (nSPS) is 25.9. The molecule has 0 aromatic rings. The number of ether oxygens (including phenoxy) is 1. The molecule has 1 unspecified atom stereocenters. The second kappa shape index (κ2) is 5.07. The minimum atomic E-state index is -0.220. The Morgan fingerprint density at radius 2 is 2.07 bits per heavy atom. The first kappa shape index (κ1) is 11.9.